The van der Waals surface area contributed by atoms with Gasteiger partial charge < -0.3 is 16.0 Å². The maximum Gasteiger partial charge on any atom is 0.251 e. The predicted octanol–water partition coefficient (Wildman–Crippen LogP) is 1.99. The van der Waals surface area contributed by atoms with Crippen molar-refractivity contribution >= 4 is 23.2 Å². The van der Waals surface area contributed by atoms with Gasteiger partial charge in [-0.1, -0.05) is 11.6 Å². The summed E-state index contributed by atoms with van der Waals surface area (Å²) in [6, 6.07) is 4.86. The van der Waals surface area contributed by atoms with Crippen LogP contribution in [0.2, 0.25) is 5.02 Å². The first kappa shape index (κ1) is 14.8. The highest BCUT2D eigenvalue weighted by molar-refractivity contribution is 6.31. The zero-order chi connectivity index (χ0) is 13.5. The lowest BCUT2D eigenvalue weighted by Crippen LogP contribution is -2.25. The molecule has 4 nitrogen and oxygen atoms in total. The molecule has 0 aliphatic heterocycles. The van der Waals surface area contributed by atoms with Gasteiger partial charge in [0.25, 0.3) is 5.91 Å². The number of nitrogens with two attached hydrogens (primary N) is 1. The van der Waals surface area contributed by atoms with Crippen molar-refractivity contribution in [3.63, 3.8) is 0 Å². The molecule has 0 unspecified atom stereocenters. The van der Waals surface area contributed by atoms with E-state index in [0.29, 0.717) is 22.8 Å². The van der Waals surface area contributed by atoms with Crippen LogP contribution in [-0.4, -0.2) is 38.0 Å². The quantitative estimate of drug-likeness (QED) is 0.613. The van der Waals surface area contributed by atoms with Crippen molar-refractivity contribution < 1.29 is 4.79 Å². The van der Waals surface area contributed by atoms with E-state index in [1.807, 2.05) is 14.1 Å². The molecule has 3 N–H and O–H groups in total. The number of nitrogens with zero attached hydrogens (tertiary/aromatic N) is 1. The maximum absolute atomic E-state index is 11.8. The summed E-state index contributed by atoms with van der Waals surface area (Å²) in [5.41, 5.74) is 6.64. The molecule has 18 heavy (non-hydrogen) atoms. The Morgan fingerprint density at radius 1 is 1.33 bits per heavy atom. The van der Waals surface area contributed by atoms with E-state index in [2.05, 4.69) is 10.2 Å². The van der Waals surface area contributed by atoms with Crippen LogP contribution in [0.15, 0.2) is 18.2 Å². The molecule has 0 aliphatic rings. The highest BCUT2D eigenvalue weighted by atomic mass is 35.5. The van der Waals surface area contributed by atoms with E-state index >= 15 is 0 Å². The third-order valence-corrected chi connectivity index (χ3v) is 2.72. The third-order valence-electron chi connectivity index (χ3n) is 2.50. The lowest BCUT2D eigenvalue weighted by molar-refractivity contribution is 0.0953. The summed E-state index contributed by atoms with van der Waals surface area (Å²) >= 11 is 5.85. The van der Waals surface area contributed by atoms with Crippen LogP contribution in [-0.2, 0) is 0 Å². The fraction of sp³-hybridized carbons (Fsp3) is 0.462. The summed E-state index contributed by atoms with van der Waals surface area (Å²) in [5.74, 6) is -0.131. The van der Waals surface area contributed by atoms with Crippen LogP contribution < -0.4 is 11.1 Å². The van der Waals surface area contributed by atoms with Crippen molar-refractivity contribution in [3.8, 4) is 0 Å². The minimum Gasteiger partial charge on any atom is -0.399 e. The van der Waals surface area contributed by atoms with Gasteiger partial charge in [0, 0.05) is 22.8 Å². The first-order valence-corrected chi connectivity index (χ1v) is 6.36. The van der Waals surface area contributed by atoms with E-state index in [1.165, 1.54) is 0 Å². The lowest BCUT2D eigenvalue weighted by Gasteiger charge is -2.09. The minimum absolute atomic E-state index is 0.131. The number of hydrogen-bond acceptors (Lipinski definition) is 3. The fourth-order valence-corrected chi connectivity index (χ4v) is 1.84. The maximum atomic E-state index is 11.8. The number of halogens is 1. The molecule has 0 heterocycles. The summed E-state index contributed by atoms with van der Waals surface area (Å²) in [5, 5.41) is 3.33. The van der Waals surface area contributed by atoms with Gasteiger partial charge in [0.2, 0.25) is 0 Å². The standard InChI is InChI=1S/C13H20ClN3O/c1-17(2)6-4-3-5-16-13(18)10-7-11(14)9-12(15)8-10/h7-9H,3-6,15H2,1-2H3,(H,16,18). The number of nitrogens with one attached hydrogen (secondary N) is 1. The van der Waals surface area contributed by atoms with Crippen molar-refractivity contribution in [1.29, 1.82) is 0 Å². The smallest absolute Gasteiger partial charge is 0.251 e. The highest BCUT2D eigenvalue weighted by Crippen LogP contribution is 2.16. The molecule has 1 amide bonds. The predicted molar refractivity (Wildman–Crippen MR) is 76.0 cm³/mol. The molecule has 1 aromatic rings. The van der Waals surface area contributed by atoms with Crippen LogP contribution >= 0.6 is 11.6 Å². The first-order chi connectivity index (χ1) is 8.49. The molecule has 0 saturated heterocycles. The van der Waals surface area contributed by atoms with Gasteiger partial charge in [0.1, 0.15) is 0 Å². The molecule has 100 valence electrons. The largest absolute Gasteiger partial charge is 0.399 e. The fourth-order valence-electron chi connectivity index (χ4n) is 1.60. The van der Waals surface area contributed by atoms with E-state index < -0.39 is 0 Å². The van der Waals surface area contributed by atoms with Crippen molar-refractivity contribution in [2.45, 2.75) is 12.8 Å². The summed E-state index contributed by atoms with van der Waals surface area (Å²) in [4.78, 5) is 13.9. The topological polar surface area (TPSA) is 58.4 Å². The van der Waals surface area contributed by atoms with Crippen molar-refractivity contribution in [3.05, 3.63) is 28.8 Å². The van der Waals surface area contributed by atoms with Crippen LogP contribution in [0.4, 0.5) is 5.69 Å². The number of hydrogen-bond donors (Lipinski definition) is 2. The summed E-state index contributed by atoms with van der Waals surface area (Å²) in [7, 11) is 4.07. The van der Waals surface area contributed by atoms with Gasteiger partial charge in [-0.25, -0.2) is 0 Å². The summed E-state index contributed by atoms with van der Waals surface area (Å²) in [6.07, 6.45) is 2.02. The lowest BCUT2D eigenvalue weighted by atomic mass is 10.2. The monoisotopic (exact) mass is 269 g/mol. The highest BCUT2D eigenvalue weighted by Gasteiger charge is 2.06. The Balaban J connectivity index is 2.36. The average Bonchev–Trinajstić information content (AvgIpc) is 2.26. The normalized spacial score (nSPS) is 10.7. The Hall–Kier alpha value is -1.26. The SMILES string of the molecule is CN(C)CCCCNC(=O)c1cc(N)cc(Cl)c1. The number of anilines is 1. The minimum atomic E-state index is -0.131. The van der Waals surface area contributed by atoms with Gasteiger partial charge >= 0.3 is 0 Å². The van der Waals surface area contributed by atoms with E-state index in [4.69, 9.17) is 17.3 Å². The van der Waals surface area contributed by atoms with Crippen LogP contribution in [0, 0.1) is 0 Å². The van der Waals surface area contributed by atoms with Gasteiger partial charge in [0.15, 0.2) is 0 Å². The Kier molecular flexibility index (Phi) is 5.95. The first-order valence-electron chi connectivity index (χ1n) is 5.98. The Morgan fingerprint density at radius 3 is 2.67 bits per heavy atom. The number of unbranched alkanes of at least 4 members (excludes halogenated alkanes) is 1. The van der Waals surface area contributed by atoms with Crippen molar-refractivity contribution in [2.75, 3.05) is 32.9 Å². The Labute approximate surface area is 113 Å². The van der Waals surface area contributed by atoms with Crippen LogP contribution in [0.5, 0.6) is 0 Å². The number of rotatable bonds is 6. The summed E-state index contributed by atoms with van der Waals surface area (Å²) < 4.78 is 0. The Bertz CT molecular complexity index is 387. The zero-order valence-electron chi connectivity index (χ0n) is 10.9. The van der Waals surface area contributed by atoms with Gasteiger partial charge in [-0.15, -0.1) is 0 Å². The van der Waals surface area contributed by atoms with Gasteiger partial charge in [-0.3, -0.25) is 4.79 Å². The second-order valence-corrected chi connectivity index (χ2v) is 4.98. The van der Waals surface area contributed by atoms with Gasteiger partial charge in [-0.2, -0.15) is 0 Å². The molecule has 0 aromatic heterocycles. The molecule has 5 heteroatoms. The van der Waals surface area contributed by atoms with Crippen LogP contribution in [0.25, 0.3) is 0 Å². The molecule has 0 spiro atoms. The molecule has 1 aromatic carbocycles. The number of carbonyl (C=O) groups is 1. The molecular formula is C13H20ClN3O. The van der Waals surface area contributed by atoms with Crippen molar-refractivity contribution in [2.24, 2.45) is 0 Å². The van der Waals surface area contributed by atoms with Crippen molar-refractivity contribution in [1.82, 2.24) is 10.2 Å². The average molecular weight is 270 g/mol. The van der Waals surface area contributed by atoms with Gasteiger partial charge in [0.05, 0.1) is 0 Å². The molecule has 0 radical (unpaired) electrons. The Morgan fingerprint density at radius 2 is 2.06 bits per heavy atom. The molecule has 0 bridgehead atoms. The van der Waals surface area contributed by atoms with Crippen LogP contribution in [0.3, 0.4) is 0 Å². The van der Waals surface area contributed by atoms with E-state index in [9.17, 15) is 4.79 Å². The number of amides is 1. The van der Waals surface area contributed by atoms with E-state index in [1.54, 1.807) is 18.2 Å². The number of carbonyl (C=O) groups excluding carboxylic acids is 1. The molecular weight excluding hydrogens is 250 g/mol. The number of benzene rings is 1. The third kappa shape index (κ3) is 5.38. The summed E-state index contributed by atoms with van der Waals surface area (Å²) in [6.45, 7) is 1.69. The molecule has 0 aliphatic carbocycles. The zero-order valence-corrected chi connectivity index (χ0v) is 11.6. The molecule has 0 saturated carbocycles. The van der Waals surface area contributed by atoms with Gasteiger partial charge in [-0.05, 0) is 51.7 Å². The second-order valence-electron chi connectivity index (χ2n) is 4.54. The second kappa shape index (κ2) is 7.24. The number of nitrogen functional groups attached to an aromatic ring is 1. The van der Waals surface area contributed by atoms with E-state index in [0.717, 1.165) is 19.4 Å². The molecule has 0 atom stereocenters. The van der Waals surface area contributed by atoms with E-state index in [-0.39, 0.29) is 5.91 Å². The molecule has 0 fully saturated rings. The molecule has 1 rings (SSSR count). The van der Waals surface area contributed by atoms with Crippen LogP contribution in [0.1, 0.15) is 23.2 Å².